The Bertz CT molecular complexity index is 557. The van der Waals surface area contributed by atoms with Gasteiger partial charge in [-0.1, -0.05) is 23.2 Å². The molecular formula is C10H4Cl2F3N. The minimum atomic E-state index is -2.81. The van der Waals surface area contributed by atoms with Crippen LogP contribution in [0.15, 0.2) is 18.2 Å². The van der Waals surface area contributed by atoms with E-state index in [0.29, 0.717) is 0 Å². The molecule has 0 bridgehead atoms. The minimum absolute atomic E-state index is 0.0240. The molecule has 0 radical (unpaired) electrons. The number of fused-ring (bicyclic) bond motifs is 1. The van der Waals surface area contributed by atoms with E-state index in [2.05, 4.69) is 4.98 Å². The highest BCUT2D eigenvalue weighted by atomic mass is 35.5. The lowest BCUT2D eigenvalue weighted by atomic mass is 10.2. The maximum absolute atomic E-state index is 13.5. The van der Waals surface area contributed by atoms with Crippen LogP contribution in [0.4, 0.5) is 13.2 Å². The van der Waals surface area contributed by atoms with Crippen molar-refractivity contribution >= 4 is 34.1 Å². The van der Waals surface area contributed by atoms with Gasteiger partial charge in [-0.05, 0) is 18.2 Å². The number of alkyl halides is 2. The van der Waals surface area contributed by atoms with Gasteiger partial charge in [0.15, 0.2) is 5.82 Å². The van der Waals surface area contributed by atoms with E-state index in [0.717, 1.165) is 6.07 Å². The van der Waals surface area contributed by atoms with Crippen molar-refractivity contribution in [3.8, 4) is 0 Å². The Hall–Kier alpha value is -1.00. The first-order valence-electron chi connectivity index (χ1n) is 4.23. The maximum Gasteiger partial charge on any atom is 0.280 e. The zero-order valence-electron chi connectivity index (χ0n) is 7.65. The van der Waals surface area contributed by atoms with Crippen molar-refractivity contribution in [1.82, 2.24) is 4.98 Å². The van der Waals surface area contributed by atoms with Gasteiger partial charge in [0, 0.05) is 5.39 Å². The van der Waals surface area contributed by atoms with Crippen LogP contribution in [-0.4, -0.2) is 4.98 Å². The summed E-state index contributed by atoms with van der Waals surface area (Å²) in [5, 5.41) is 0.103. The molecule has 0 N–H and O–H groups in total. The third-order valence-corrected chi connectivity index (χ3v) is 2.67. The molecule has 84 valence electrons. The molecule has 0 fully saturated rings. The van der Waals surface area contributed by atoms with Crippen molar-refractivity contribution in [3.05, 3.63) is 39.8 Å². The third-order valence-electron chi connectivity index (χ3n) is 2.07. The lowest BCUT2D eigenvalue weighted by Gasteiger charge is -2.06. The largest absolute Gasteiger partial charge is 0.280 e. The van der Waals surface area contributed by atoms with Gasteiger partial charge in [0.2, 0.25) is 0 Å². The average molecular weight is 266 g/mol. The topological polar surface area (TPSA) is 12.9 Å². The summed E-state index contributed by atoms with van der Waals surface area (Å²) < 4.78 is 38.4. The molecule has 0 saturated carbocycles. The first kappa shape index (κ1) is 11.5. The van der Waals surface area contributed by atoms with E-state index in [9.17, 15) is 13.2 Å². The fourth-order valence-corrected chi connectivity index (χ4v) is 1.74. The summed E-state index contributed by atoms with van der Waals surface area (Å²) in [6, 6.07) is 3.75. The highest BCUT2D eigenvalue weighted by Gasteiger charge is 2.15. The van der Waals surface area contributed by atoms with Crippen LogP contribution in [0.3, 0.4) is 0 Å². The van der Waals surface area contributed by atoms with Gasteiger partial charge in [0.25, 0.3) is 6.43 Å². The van der Waals surface area contributed by atoms with Gasteiger partial charge in [-0.3, -0.25) is 0 Å². The van der Waals surface area contributed by atoms with E-state index in [1.807, 2.05) is 0 Å². The standard InChI is InChI=1S/C10H4Cl2F3N/c11-5-2-1-4-6(12)3-7(10(14)15)16-9(4)8(5)13/h1-3,10H. The molecule has 0 atom stereocenters. The number of hydrogen-bond donors (Lipinski definition) is 0. The Morgan fingerprint density at radius 2 is 1.81 bits per heavy atom. The number of aromatic nitrogens is 1. The zero-order valence-corrected chi connectivity index (χ0v) is 9.16. The van der Waals surface area contributed by atoms with Crippen LogP contribution in [-0.2, 0) is 0 Å². The average Bonchev–Trinajstić information content (AvgIpc) is 2.23. The molecule has 1 nitrogen and oxygen atoms in total. The Kier molecular flexibility index (Phi) is 2.95. The lowest BCUT2D eigenvalue weighted by Crippen LogP contribution is -1.94. The van der Waals surface area contributed by atoms with E-state index in [-0.39, 0.29) is 20.9 Å². The van der Waals surface area contributed by atoms with Crippen molar-refractivity contribution in [3.63, 3.8) is 0 Å². The maximum atomic E-state index is 13.5. The van der Waals surface area contributed by atoms with Crippen molar-refractivity contribution in [2.45, 2.75) is 6.43 Å². The van der Waals surface area contributed by atoms with Gasteiger partial charge in [-0.25, -0.2) is 18.2 Å². The summed E-state index contributed by atoms with van der Waals surface area (Å²) in [7, 11) is 0. The van der Waals surface area contributed by atoms with Gasteiger partial charge in [0.1, 0.15) is 11.2 Å². The number of benzene rings is 1. The summed E-state index contributed by atoms with van der Waals surface area (Å²) in [6.45, 7) is 0. The smallest absolute Gasteiger partial charge is 0.244 e. The van der Waals surface area contributed by atoms with Crippen LogP contribution < -0.4 is 0 Å². The number of pyridine rings is 1. The van der Waals surface area contributed by atoms with Crippen molar-refractivity contribution in [1.29, 1.82) is 0 Å². The highest BCUT2D eigenvalue weighted by Crippen LogP contribution is 2.31. The highest BCUT2D eigenvalue weighted by molar-refractivity contribution is 6.36. The monoisotopic (exact) mass is 265 g/mol. The number of nitrogens with zero attached hydrogens (tertiary/aromatic N) is 1. The predicted molar refractivity (Wildman–Crippen MR) is 56.7 cm³/mol. The second kappa shape index (κ2) is 4.11. The fraction of sp³-hybridized carbons (Fsp3) is 0.100. The summed E-state index contributed by atoms with van der Waals surface area (Å²) in [4.78, 5) is 3.50. The molecule has 1 aromatic heterocycles. The Morgan fingerprint density at radius 1 is 1.12 bits per heavy atom. The fourth-order valence-electron chi connectivity index (χ4n) is 1.32. The van der Waals surface area contributed by atoms with E-state index in [1.165, 1.54) is 12.1 Å². The predicted octanol–water partition coefficient (Wildman–Crippen LogP) is 4.62. The second-order valence-electron chi connectivity index (χ2n) is 3.09. The Balaban J connectivity index is 2.83. The SMILES string of the molecule is Fc1c(Cl)ccc2c(Cl)cc(C(F)F)nc12. The van der Waals surface area contributed by atoms with Crippen LogP contribution in [0, 0.1) is 5.82 Å². The zero-order chi connectivity index (χ0) is 11.9. The first-order valence-corrected chi connectivity index (χ1v) is 4.98. The van der Waals surface area contributed by atoms with Crippen LogP contribution in [0.1, 0.15) is 12.1 Å². The molecule has 0 unspecified atom stereocenters. The molecule has 0 amide bonds. The summed E-state index contributed by atoms with van der Waals surface area (Å²) in [6.07, 6.45) is -2.81. The number of hydrogen-bond acceptors (Lipinski definition) is 1. The van der Waals surface area contributed by atoms with E-state index in [4.69, 9.17) is 23.2 Å². The van der Waals surface area contributed by atoms with Crippen molar-refractivity contribution in [2.75, 3.05) is 0 Å². The summed E-state index contributed by atoms with van der Waals surface area (Å²) in [5.41, 5.74) is -0.811. The molecule has 1 aromatic carbocycles. The van der Waals surface area contributed by atoms with Crippen LogP contribution in [0.2, 0.25) is 10.0 Å². The van der Waals surface area contributed by atoms with Crippen molar-refractivity contribution < 1.29 is 13.2 Å². The normalized spacial score (nSPS) is 11.4. The molecular weight excluding hydrogens is 262 g/mol. The van der Waals surface area contributed by atoms with E-state index >= 15 is 0 Å². The Morgan fingerprint density at radius 3 is 2.44 bits per heavy atom. The molecule has 0 spiro atoms. The summed E-state index contributed by atoms with van der Waals surface area (Å²) >= 11 is 11.3. The van der Waals surface area contributed by atoms with Gasteiger partial charge in [-0.15, -0.1) is 0 Å². The van der Waals surface area contributed by atoms with Crippen LogP contribution in [0.25, 0.3) is 10.9 Å². The molecule has 16 heavy (non-hydrogen) atoms. The summed E-state index contributed by atoms with van der Waals surface area (Å²) in [5.74, 6) is -0.844. The Labute approximate surface area is 98.8 Å². The van der Waals surface area contributed by atoms with Gasteiger partial charge in [0.05, 0.1) is 10.0 Å². The lowest BCUT2D eigenvalue weighted by molar-refractivity contribution is 0.146. The van der Waals surface area contributed by atoms with Gasteiger partial charge < -0.3 is 0 Å². The van der Waals surface area contributed by atoms with Crippen LogP contribution in [0.5, 0.6) is 0 Å². The van der Waals surface area contributed by atoms with Gasteiger partial charge in [-0.2, -0.15) is 0 Å². The number of rotatable bonds is 1. The quantitative estimate of drug-likeness (QED) is 0.733. The van der Waals surface area contributed by atoms with E-state index < -0.39 is 17.9 Å². The van der Waals surface area contributed by atoms with Gasteiger partial charge >= 0.3 is 0 Å². The van der Waals surface area contributed by atoms with Crippen LogP contribution >= 0.6 is 23.2 Å². The molecule has 1 heterocycles. The molecule has 0 aliphatic rings. The molecule has 0 aliphatic carbocycles. The van der Waals surface area contributed by atoms with E-state index in [1.54, 1.807) is 0 Å². The molecule has 2 aromatic rings. The second-order valence-corrected chi connectivity index (χ2v) is 3.90. The third kappa shape index (κ3) is 1.83. The molecule has 0 aliphatic heterocycles. The minimum Gasteiger partial charge on any atom is -0.244 e. The molecule has 0 saturated heterocycles. The molecule has 2 rings (SSSR count). The first-order chi connectivity index (χ1) is 7.50. The van der Waals surface area contributed by atoms with Crippen molar-refractivity contribution in [2.24, 2.45) is 0 Å². The molecule has 6 heteroatoms. The number of halogens is 5.